The quantitative estimate of drug-likeness (QED) is 0.454. The zero-order valence-electron chi connectivity index (χ0n) is 11.1. The standard InChI is InChI=1S/C15H11I3O4/c16-9-7-14(11(18)6-12(9)19)22-13-3-1-8(5-10(13)17)2-4-15(20)21/h1,3,5-7,19H,2,4H2,(H,20,21). The van der Waals surface area contributed by atoms with Crippen LogP contribution >= 0.6 is 67.8 Å². The lowest BCUT2D eigenvalue weighted by atomic mass is 10.1. The van der Waals surface area contributed by atoms with Crippen molar-refractivity contribution in [3.05, 3.63) is 46.6 Å². The van der Waals surface area contributed by atoms with Crippen LogP contribution in [0, 0.1) is 10.7 Å². The summed E-state index contributed by atoms with van der Waals surface area (Å²) in [7, 11) is 0. The van der Waals surface area contributed by atoms with E-state index in [9.17, 15) is 9.90 Å². The van der Waals surface area contributed by atoms with Crippen LogP contribution in [0.15, 0.2) is 30.3 Å². The normalized spacial score (nSPS) is 10.5. The first-order valence-corrected chi connectivity index (χ1v) is 9.46. The van der Waals surface area contributed by atoms with E-state index in [0.29, 0.717) is 17.9 Å². The molecule has 4 nitrogen and oxygen atoms in total. The molecule has 2 rings (SSSR count). The number of carbonyl (C=O) groups is 1. The van der Waals surface area contributed by atoms with Crippen molar-refractivity contribution in [2.75, 3.05) is 0 Å². The molecule has 0 spiro atoms. The number of phenols is 1. The second kappa shape index (κ2) is 7.99. The molecule has 0 saturated heterocycles. The molecule has 116 valence electrons. The smallest absolute Gasteiger partial charge is 0.303 e. The maximum absolute atomic E-state index is 10.6. The molecule has 0 heterocycles. The van der Waals surface area contributed by atoms with Crippen molar-refractivity contribution < 1.29 is 19.7 Å². The van der Waals surface area contributed by atoms with E-state index in [2.05, 4.69) is 45.2 Å². The van der Waals surface area contributed by atoms with E-state index >= 15 is 0 Å². The minimum Gasteiger partial charge on any atom is -0.507 e. The zero-order chi connectivity index (χ0) is 16.3. The highest BCUT2D eigenvalue weighted by Gasteiger charge is 2.10. The Morgan fingerprint density at radius 1 is 1.00 bits per heavy atom. The highest BCUT2D eigenvalue weighted by Crippen LogP contribution is 2.35. The Balaban J connectivity index is 2.20. The van der Waals surface area contributed by atoms with E-state index < -0.39 is 5.97 Å². The van der Waals surface area contributed by atoms with Gasteiger partial charge in [0.25, 0.3) is 0 Å². The summed E-state index contributed by atoms with van der Waals surface area (Å²) in [5, 5.41) is 18.4. The van der Waals surface area contributed by atoms with Gasteiger partial charge in [0.1, 0.15) is 17.2 Å². The average molecular weight is 636 g/mol. The molecule has 0 unspecified atom stereocenters. The Morgan fingerprint density at radius 2 is 1.68 bits per heavy atom. The lowest BCUT2D eigenvalue weighted by Crippen LogP contribution is -1.98. The fourth-order valence-electron chi connectivity index (χ4n) is 1.75. The summed E-state index contributed by atoms with van der Waals surface area (Å²) in [5.41, 5.74) is 0.967. The van der Waals surface area contributed by atoms with Crippen molar-refractivity contribution in [1.29, 1.82) is 0 Å². The van der Waals surface area contributed by atoms with E-state index in [1.807, 2.05) is 40.8 Å². The molecule has 0 aromatic heterocycles. The first kappa shape index (κ1) is 18.0. The topological polar surface area (TPSA) is 66.8 Å². The number of aliphatic carboxylic acids is 1. The summed E-state index contributed by atoms with van der Waals surface area (Å²) in [6.07, 6.45) is 0.616. The SMILES string of the molecule is O=C(O)CCc1ccc(Oc2cc(I)c(O)cc2I)c(I)c1. The molecule has 22 heavy (non-hydrogen) atoms. The first-order valence-electron chi connectivity index (χ1n) is 6.23. The number of phenolic OH excluding ortho intramolecular Hbond substituents is 1. The van der Waals surface area contributed by atoms with E-state index in [-0.39, 0.29) is 12.2 Å². The van der Waals surface area contributed by atoms with E-state index in [4.69, 9.17) is 9.84 Å². The molecular weight excluding hydrogens is 625 g/mol. The van der Waals surface area contributed by atoms with Crippen molar-refractivity contribution in [2.24, 2.45) is 0 Å². The molecule has 0 saturated carbocycles. The number of rotatable bonds is 5. The Kier molecular flexibility index (Phi) is 6.56. The van der Waals surface area contributed by atoms with Crippen LogP contribution in [0.5, 0.6) is 17.2 Å². The van der Waals surface area contributed by atoms with Crippen molar-refractivity contribution in [3.8, 4) is 17.2 Å². The fourth-order valence-corrected chi connectivity index (χ4v) is 3.44. The van der Waals surface area contributed by atoms with Crippen LogP contribution in [-0.2, 0) is 11.2 Å². The maximum atomic E-state index is 10.6. The highest BCUT2D eigenvalue weighted by atomic mass is 127. The number of hydrogen-bond acceptors (Lipinski definition) is 3. The number of carboxylic acids is 1. The first-order chi connectivity index (χ1) is 10.4. The third-order valence-corrected chi connectivity index (χ3v) is 5.40. The molecule has 0 aliphatic carbocycles. The van der Waals surface area contributed by atoms with Gasteiger partial charge >= 0.3 is 5.97 Å². The fraction of sp³-hybridized carbons (Fsp3) is 0.133. The number of aryl methyl sites for hydroxylation is 1. The molecule has 0 bridgehead atoms. The Morgan fingerprint density at radius 3 is 2.32 bits per heavy atom. The predicted octanol–water partition coefficient (Wildman–Crippen LogP) is 5.02. The number of halogens is 3. The zero-order valence-corrected chi connectivity index (χ0v) is 17.6. The van der Waals surface area contributed by atoms with Gasteiger partial charge in [-0.25, -0.2) is 0 Å². The van der Waals surface area contributed by atoms with Crippen LogP contribution in [0.1, 0.15) is 12.0 Å². The van der Waals surface area contributed by atoms with Crippen LogP contribution in [0.4, 0.5) is 0 Å². The van der Waals surface area contributed by atoms with E-state index in [1.54, 1.807) is 12.1 Å². The van der Waals surface area contributed by atoms with Crippen molar-refractivity contribution in [1.82, 2.24) is 0 Å². The molecule has 0 atom stereocenters. The molecule has 7 heteroatoms. The van der Waals surface area contributed by atoms with E-state index in [0.717, 1.165) is 16.3 Å². The summed E-state index contributed by atoms with van der Waals surface area (Å²) in [6.45, 7) is 0. The van der Waals surface area contributed by atoms with Gasteiger partial charge in [0.15, 0.2) is 0 Å². The number of aromatic hydroxyl groups is 1. The second-order valence-electron chi connectivity index (χ2n) is 4.49. The van der Waals surface area contributed by atoms with Crippen molar-refractivity contribution in [3.63, 3.8) is 0 Å². The van der Waals surface area contributed by atoms with Crippen LogP contribution in [-0.4, -0.2) is 16.2 Å². The van der Waals surface area contributed by atoms with Gasteiger partial charge in [-0.15, -0.1) is 0 Å². The van der Waals surface area contributed by atoms with Gasteiger partial charge < -0.3 is 14.9 Å². The second-order valence-corrected chi connectivity index (χ2v) is 7.98. The van der Waals surface area contributed by atoms with Crippen LogP contribution in [0.2, 0.25) is 0 Å². The third kappa shape index (κ3) is 4.85. The molecule has 0 amide bonds. The Bertz CT molecular complexity index is 716. The molecule has 0 radical (unpaired) electrons. The lowest BCUT2D eigenvalue weighted by molar-refractivity contribution is -0.136. The third-order valence-electron chi connectivity index (χ3n) is 2.85. The molecule has 0 fully saturated rings. The van der Waals surface area contributed by atoms with Crippen molar-refractivity contribution >= 4 is 73.7 Å². The Labute approximate surface area is 168 Å². The summed E-state index contributed by atoms with van der Waals surface area (Å²) in [6, 6.07) is 9.09. The summed E-state index contributed by atoms with van der Waals surface area (Å²) < 4.78 is 8.37. The van der Waals surface area contributed by atoms with E-state index in [1.165, 1.54) is 0 Å². The van der Waals surface area contributed by atoms with Gasteiger partial charge in [-0.3, -0.25) is 4.79 Å². The van der Waals surface area contributed by atoms with Gasteiger partial charge in [0, 0.05) is 6.42 Å². The number of ether oxygens (including phenoxy) is 1. The number of hydrogen-bond donors (Lipinski definition) is 2. The summed E-state index contributed by atoms with van der Waals surface area (Å²) in [5.74, 6) is 0.817. The van der Waals surface area contributed by atoms with Crippen LogP contribution < -0.4 is 4.74 Å². The van der Waals surface area contributed by atoms with Gasteiger partial charge in [-0.1, -0.05) is 6.07 Å². The van der Waals surface area contributed by atoms with Crippen LogP contribution in [0.25, 0.3) is 0 Å². The maximum Gasteiger partial charge on any atom is 0.303 e. The number of benzene rings is 2. The minimum atomic E-state index is -0.802. The van der Waals surface area contributed by atoms with Crippen molar-refractivity contribution in [2.45, 2.75) is 12.8 Å². The minimum absolute atomic E-state index is 0.115. The molecular formula is C15H11I3O4. The molecule has 2 aromatic carbocycles. The van der Waals surface area contributed by atoms with Gasteiger partial charge in [0.05, 0.1) is 10.7 Å². The molecule has 2 N–H and O–H groups in total. The average Bonchev–Trinajstić information content (AvgIpc) is 2.44. The molecule has 0 aliphatic heterocycles. The van der Waals surface area contributed by atoms with Gasteiger partial charge in [0.2, 0.25) is 0 Å². The van der Waals surface area contributed by atoms with Gasteiger partial charge in [-0.2, -0.15) is 0 Å². The van der Waals surface area contributed by atoms with Crippen LogP contribution in [0.3, 0.4) is 0 Å². The largest absolute Gasteiger partial charge is 0.507 e. The van der Waals surface area contributed by atoms with Gasteiger partial charge in [-0.05, 0) is 104 Å². The number of carboxylic acid groups (broad SMARTS) is 1. The predicted molar refractivity (Wildman–Crippen MR) is 109 cm³/mol. The highest BCUT2D eigenvalue weighted by molar-refractivity contribution is 14.1. The summed E-state index contributed by atoms with van der Waals surface area (Å²) in [4.78, 5) is 10.6. The lowest BCUT2D eigenvalue weighted by Gasteiger charge is -2.12. The summed E-state index contributed by atoms with van der Waals surface area (Å²) >= 11 is 6.33. The monoisotopic (exact) mass is 636 g/mol. The molecule has 0 aliphatic rings. The Hall–Kier alpha value is -0.300. The molecule has 2 aromatic rings.